The third kappa shape index (κ3) is 2.29. The van der Waals surface area contributed by atoms with Crippen molar-refractivity contribution in [2.24, 2.45) is 0 Å². The van der Waals surface area contributed by atoms with Crippen molar-refractivity contribution < 1.29 is 14.7 Å². The molecule has 5 nitrogen and oxygen atoms in total. The Bertz CT molecular complexity index is 610. The van der Waals surface area contributed by atoms with E-state index >= 15 is 0 Å². The zero-order valence-electron chi connectivity index (χ0n) is 9.75. The van der Waals surface area contributed by atoms with Gasteiger partial charge < -0.3 is 10.4 Å². The number of carbonyl (C=O) groups is 2. The van der Waals surface area contributed by atoms with Crippen LogP contribution in [0.1, 0.15) is 17.3 Å². The molecule has 0 fully saturated rings. The van der Waals surface area contributed by atoms with Crippen molar-refractivity contribution in [3.05, 3.63) is 41.6 Å². The Hall–Kier alpha value is -2.43. The number of benzene rings is 1. The van der Waals surface area contributed by atoms with E-state index in [0.717, 1.165) is 16.6 Å². The number of aliphatic carboxylic acids is 1. The minimum atomic E-state index is -1.10. The van der Waals surface area contributed by atoms with Crippen LogP contribution in [0, 0.1) is 6.92 Å². The highest BCUT2D eigenvalue weighted by Crippen LogP contribution is 2.19. The van der Waals surface area contributed by atoms with Gasteiger partial charge in [0, 0.05) is 11.1 Å². The minimum Gasteiger partial charge on any atom is -0.479 e. The fourth-order valence-electron chi connectivity index (χ4n) is 1.80. The molecule has 1 atom stereocenters. The minimum absolute atomic E-state index is 0.385. The van der Waals surface area contributed by atoms with Gasteiger partial charge in [-0.05, 0) is 30.7 Å². The molecule has 1 unspecified atom stereocenters. The summed E-state index contributed by atoms with van der Waals surface area (Å²) in [7, 11) is 0. The Morgan fingerprint density at radius 3 is 2.83 bits per heavy atom. The number of amides is 1. The number of carboxylic acid groups (broad SMARTS) is 1. The molecule has 92 valence electrons. The van der Waals surface area contributed by atoms with Crippen LogP contribution in [0.5, 0.6) is 0 Å². The number of aromatic nitrogens is 1. The van der Waals surface area contributed by atoms with Gasteiger partial charge in [0.25, 0.3) is 0 Å². The lowest BCUT2D eigenvalue weighted by molar-refractivity contribution is -0.140. The van der Waals surface area contributed by atoms with Gasteiger partial charge in [-0.3, -0.25) is 9.78 Å². The van der Waals surface area contributed by atoms with Crippen molar-refractivity contribution in [2.45, 2.75) is 13.0 Å². The van der Waals surface area contributed by atoms with Gasteiger partial charge in [-0.1, -0.05) is 12.1 Å². The predicted molar refractivity (Wildman–Crippen MR) is 66.1 cm³/mol. The van der Waals surface area contributed by atoms with Gasteiger partial charge in [-0.2, -0.15) is 0 Å². The normalized spacial score (nSPS) is 12.1. The number of hydrogen-bond acceptors (Lipinski definition) is 3. The Morgan fingerprint density at radius 2 is 2.17 bits per heavy atom. The SMILES string of the molecule is Cc1ccc2cc(C(NC=O)C(=O)O)ccc2n1. The maximum atomic E-state index is 11.0. The Balaban J connectivity index is 2.48. The number of hydrogen-bond donors (Lipinski definition) is 2. The second kappa shape index (κ2) is 4.83. The van der Waals surface area contributed by atoms with Crippen LogP contribution in [0.2, 0.25) is 0 Å². The molecule has 1 aromatic carbocycles. The fourth-order valence-corrected chi connectivity index (χ4v) is 1.80. The quantitative estimate of drug-likeness (QED) is 0.797. The second-order valence-electron chi connectivity index (χ2n) is 3.96. The van der Waals surface area contributed by atoms with Gasteiger partial charge >= 0.3 is 5.97 Å². The van der Waals surface area contributed by atoms with Crippen molar-refractivity contribution >= 4 is 23.3 Å². The van der Waals surface area contributed by atoms with Crippen molar-refractivity contribution in [3.63, 3.8) is 0 Å². The summed E-state index contributed by atoms with van der Waals surface area (Å²) in [6.07, 6.45) is 0.385. The molecular weight excluding hydrogens is 232 g/mol. The average Bonchev–Trinajstić information content (AvgIpc) is 2.35. The van der Waals surface area contributed by atoms with E-state index in [1.54, 1.807) is 18.2 Å². The van der Waals surface area contributed by atoms with Crippen LogP contribution in [0.25, 0.3) is 10.9 Å². The summed E-state index contributed by atoms with van der Waals surface area (Å²) in [5, 5.41) is 12.2. The monoisotopic (exact) mass is 244 g/mol. The van der Waals surface area contributed by atoms with Crippen LogP contribution < -0.4 is 5.32 Å². The van der Waals surface area contributed by atoms with E-state index in [1.807, 2.05) is 19.1 Å². The Morgan fingerprint density at radius 1 is 1.39 bits per heavy atom. The third-order valence-corrected chi connectivity index (χ3v) is 2.67. The van der Waals surface area contributed by atoms with Crippen LogP contribution in [0.3, 0.4) is 0 Å². The van der Waals surface area contributed by atoms with Gasteiger partial charge in [0.15, 0.2) is 6.04 Å². The lowest BCUT2D eigenvalue weighted by atomic mass is 10.0. The highest BCUT2D eigenvalue weighted by molar-refractivity contribution is 5.83. The number of carboxylic acids is 1. The van der Waals surface area contributed by atoms with Crippen LogP contribution in [0.15, 0.2) is 30.3 Å². The molecule has 18 heavy (non-hydrogen) atoms. The van der Waals surface area contributed by atoms with Gasteiger partial charge in [-0.15, -0.1) is 0 Å². The van der Waals surface area contributed by atoms with Crippen molar-refractivity contribution in [1.29, 1.82) is 0 Å². The van der Waals surface area contributed by atoms with Crippen molar-refractivity contribution in [1.82, 2.24) is 10.3 Å². The molecule has 1 aromatic heterocycles. The van der Waals surface area contributed by atoms with Crippen molar-refractivity contribution in [3.8, 4) is 0 Å². The zero-order valence-corrected chi connectivity index (χ0v) is 9.75. The molecule has 0 saturated carbocycles. The molecule has 0 bridgehead atoms. The molecule has 0 aliphatic heterocycles. The molecular formula is C13H12N2O3. The summed E-state index contributed by atoms with van der Waals surface area (Å²) in [4.78, 5) is 25.8. The summed E-state index contributed by atoms with van der Waals surface area (Å²) in [5.74, 6) is -1.10. The highest BCUT2D eigenvalue weighted by atomic mass is 16.4. The van der Waals surface area contributed by atoms with E-state index in [2.05, 4.69) is 10.3 Å². The topological polar surface area (TPSA) is 79.3 Å². The molecule has 5 heteroatoms. The highest BCUT2D eigenvalue weighted by Gasteiger charge is 2.18. The third-order valence-electron chi connectivity index (χ3n) is 2.67. The molecule has 2 aromatic rings. The van der Waals surface area contributed by atoms with E-state index in [1.165, 1.54) is 0 Å². The lowest BCUT2D eigenvalue weighted by Gasteiger charge is -2.12. The predicted octanol–water partition coefficient (Wildman–Crippen LogP) is 1.41. The Kier molecular flexibility index (Phi) is 3.23. The molecule has 0 saturated heterocycles. The molecule has 0 aliphatic carbocycles. The summed E-state index contributed by atoms with van der Waals surface area (Å²) in [6.45, 7) is 1.89. The number of aryl methyl sites for hydroxylation is 1. The maximum absolute atomic E-state index is 11.0. The summed E-state index contributed by atoms with van der Waals surface area (Å²) in [6, 6.07) is 7.82. The number of rotatable bonds is 4. The standard InChI is InChI=1S/C13H12N2O3/c1-8-2-3-9-6-10(4-5-11(9)15-8)12(13(17)18)14-7-16/h2-7,12H,1H3,(H,14,16)(H,17,18). The van der Waals surface area contributed by atoms with Gasteiger partial charge in [0.1, 0.15) is 0 Å². The lowest BCUT2D eigenvalue weighted by Crippen LogP contribution is -2.27. The van der Waals surface area contributed by atoms with Gasteiger partial charge in [-0.25, -0.2) is 4.79 Å². The van der Waals surface area contributed by atoms with Crippen LogP contribution >= 0.6 is 0 Å². The first-order valence-electron chi connectivity index (χ1n) is 5.41. The molecule has 1 heterocycles. The summed E-state index contributed by atoms with van der Waals surface area (Å²) < 4.78 is 0. The van der Waals surface area contributed by atoms with E-state index in [-0.39, 0.29) is 0 Å². The van der Waals surface area contributed by atoms with Crippen LogP contribution in [-0.2, 0) is 9.59 Å². The van der Waals surface area contributed by atoms with Gasteiger partial charge in [0.2, 0.25) is 6.41 Å². The maximum Gasteiger partial charge on any atom is 0.330 e. The first kappa shape index (κ1) is 12.0. The summed E-state index contributed by atoms with van der Waals surface area (Å²) in [5.41, 5.74) is 2.22. The molecule has 0 radical (unpaired) electrons. The first-order chi connectivity index (χ1) is 8.61. The zero-order chi connectivity index (χ0) is 13.1. The molecule has 1 amide bonds. The molecule has 2 N–H and O–H groups in total. The average molecular weight is 244 g/mol. The molecule has 0 aliphatic rings. The van der Waals surface area contributed by atoms with Crippen LogP contribution in [0.4, 0.5) is 0 Å². The first-order valence-corrected chi connectivity index (χ1v) is 5.41. The van der Waals surface area contributed by atoms with E-state index in [9.17, 15) is 9.59 Å². The largest absolute Gasteiger partial charge is 0.479 e. The number of nitrogens with zero attached hydrogens (tertiary/aromatic N) is 1. The summed E-state index contributed by atoms with van der Waals surface area (Å²) >= 11 is 0. The van der Waals surface area contributed by atoms with Crippen molar-refractivity contribution in [2.75, 3.05) is 0 Å². The molecule has 0 spiro atoms. The van der Waals surface area contributed by atoms with E-state index < -0.39 is 12.0 Å². The number of pyridine rings is 1. The smallest absolute Gasteiger partial charge is 0.330 e. The molecule has 2 rings (SSSR count). The van der Waals surface area contributed by atoms with E-state index in [0.29, 0.717) is 12.0 Å². The number of nitrogens with one attached hydrogen (secondary N) is 1. The van der Waals surface area contributed by atoms with Crippen LogP contribution in [-0.4, -0.2) is 22.5 Å². The van der Waals surface area contributed by atoms with Gasteiger partial charge in [0.05, 0.1) is 5.52 Å². The Labute approximate surface area is 103 Å². The fraction of sp³-hybridized carbons (Fsp3) is 0.154. The number of carbonyl (C=O) groups excluding carboxylic acids is 1. The number of fused-ring (bicyclic) bond motifs is 1. The second-order valence-corrected chi connectivity index (χ2v) is 3.96. The van der Waals surface area contributed by atoms with E-state index in [4.69, 9.17) is 5.11 Å².